The van der Waals surface area contributed by atoms with E-state index >= 15 is 0 Å². The van der Waals surface area contributed by atoms with E-state index in [4.69, 9.17) is 5.84 Å². The van der Waals surface area contributed by atoms with Gasteiger partial charge >= 0.3 is 0 Å². The van der Waals surface area contributed by atoms with Crippen LogP contribution < -0.4 is 11.2 Å². The van der Waals surface area contributed by atoms with E-state index in [0.717, 1.165) is 5.56 Å². The van der Waals surface area contributed by atoms with Crippen LogP contribution in [0.25, 0.3) is 11.4 Å². The number of rotatable bonds is 7. The lowest BCUT2D eigenvalue weighted by Gasteiger charge is -2.06. The molecule has 0 radical (unpaired) electrons. The van der Waals surface area contributed by atoms with Crippen molar-refractivity contribution in [1.29, 1.82) is 0 Å². The number of Topliss-reactive ketones (excluding diaryl/α,β-unsaturated/α-hetero) is 1. The van der Waals surface area contributed by atoms with Gasteiger partial charge in [-0.1, -0.05) is 11.8 Å². The summed E-state index contributed by atoms with van der Waals surface area (Å²) in [6, 6.07) is 10.4. The Kier molecular flexibility index (Phi) is 5.82. The summed E-state index contributed by atoms with van der Waals surface area (Å²) in [7, 11) is 0. The number of nitrogens with zero attached hydrogens (tertiary/aromatic N) is 4. The fourth-order valence-corrected chi connectivity index (χ4v) is 3.11. The first-order valence-corrected chi connectivity index (χ1v) is 9.17. The number of carbonyl (C=O) groups is 2. The van der Waals surface area contributed by atoms with Crippen LogP contribution in [0.2, 0.25) is 0 Å². The van der Waals surface area contributed by atoms with Crippen molar-refractivity contribution in [2.75, 3.05) is 16.9 Å². The summed E-state index contributed by atoms with van der Waals surface area (Å²) in [5, 5.41) is 11.4. The third-order valence-corrected chi connectivity index (χ3v) is 4.66. The number of hydrogen-bond acceptors (Lipinski definition) is 7. The Labute approximate surface area is 160 Å². The number of pyridine rings is 1. The van der Waals surface area contributed by atoms with Gasteiger partial charge in [0.15, 0.2) is 11.6 Å². The first-order valence-electron chi connectivity index (χ1n) is 8.19. The van der Waals surface area contributed by atoms with Crippen molar-refractivity contribution in [3.8, 4) is 11.4 Å². The van der Waals surface area contributed by atoms with Crippen molar-refractivity contribution in [1.82, 2.24) is 19.9 Å². The van der Waals surface area contributed by atoms with Crippen LogP contribution in [-0.2, 0) is 4.79 Å². The number of carbonyl (C=O) groups excluding carboxylic acids is 2. The molecule has 0 unspecified atom stereocenters. The number of nitrogens with two attached hydrogens (primary N) is 1. The van der Waals surface area contributed by atoms with Gasteiger partial charge in [-0.25, -0.2) is 4.68 Å². The van der Waals surface area contributed by atoms with E-state index in [1.807, 2.05) is 6.07 Å². The molecule has 0 spiro atoms. The van der Waals surface area contributed by atoms with E-state index < -0.39 is 0 Å². The van der Waals surface area contributed by atoms with Crippen molar-refractivity contribution >= 4 is 29.1 Å². The van der Waals surface area contributed by atoms with Gasteiger partial charge in [0.25, 0.3) is 0 Å². The molecule has 0 aliphatic heterocycles. The maximum absolute atomic E-state index is 12.1. The van der Waals surface area contributed by atoms with Gasteiger partial charge in [-0.3, -0.25) is 14.6 Å². The zero-order valence-electron chi connectivity index (χ0n) is 14.6. The van der Waals surface area contributed by atoms with Gasteiger partial charge in [0.1, 0.15) is 0 Å². The average molecular weight is 382 g/mol. The molecule has 27 heavy (non-hydrogen) atoms. The Balaban J connectivity index is 1.52. The van der Waals surface area contributed by atoms with Crippen LogP contribution in [0.3, 0.4) is 0 Å². The first-order chi connectivity index (χ1) is 13.0. The molecule has 8 nitrogen and oxygen atoms in total. The molecule has 3 N–H and O–H groups in total. The van der Waals surface area contributed by atoms with Crippen LogP contribution in [0, 0.1) is 0 Å². The van der Waals surface area contributed by atoms with Crippen LogP contribution >= 0.6 is 11.8 Å². The maximum atomic E-state index is 12.1. The first kappa shape index (κ1) is 18.6. The Hall–Kier alpha value is -3.20. The fourth-order valence-electron chi connectivity index (χ4n) is 2.31. The Morgan fingerprint density at radius 2 is 1.96 bits per heavy atom. The van der Waals surface area contributed by atoms with Crippen LogP contribution in [0.1, 0.15) is 23.7 Å². The standard InChI is InChI=1S/C18H18N6O2S/c1-12(25)13-4-6-15(7-5-13)21-16(26)8-10-27-18-23-22-17(24(18)19)14-3-2-9-20-11-14/h2-7,9,11H,8,10,19H2,1H3,(H,21,26). The minimum Gasteiger partial charge on any atom is -0.335 e. The minimum absolute atomic E-state index is 0.0131. The molecule has 0 saturated heterocycles. The SMILES string of the molecule is CC(=O)c1ccc(NC(=O)CCSc2nnc(-c3cccnc3)n2N)cc1. The largest absolute Gasteiger partial charge is 0.335 e. The van der Waals surface area contributed by atoms with Gasteiger partial charge in [-0.15, -0.1) is 10.2 Å². The van der Waals surface area contributed by atoms with Gasteiger partial charge in [0.2, 0.25) is 11.1 Å². The summed E-state index contributed by atoms with van der Waals surface area (Å²) in [5.41, 5.74) is 2.03. The van der Waals surface area contributed by atoms with E-state index in [9.17, 15) is 9.59 Å². The second kappa shape index (κ2) is 8.45. The number of nitrogen functional groups attached to an aromatic ring is 1. The topological polar surface area (TPSA) is 116 Å². The normalized spacial score (nSPS) is 10.6. The second-order valence-corrected chi connectivity index (χ2v) is 6.76. The van der Waals surface area contributed by atoms with E-state index in [-0.39, 0.29) is 18.1 Å². The number of hydrogen-bond donors (Lipinski definition) is 2. The molecular formula is C18H18N6O2S. The van der Waals surface area contributed by atoms with E-state index in [1.54, 1.807) is 42.7 Å². The van der Waals surface area contributed by atoms with Crippen molar-refractivity contribution < 1.29 is 9.59 Å². The number of aromatic nitrogens is 4. The summed E-state index contributed by atoms with van der Waals surface area (Å²) < 4.78 is 1.39. The molecule has 0 bridgehead atoms. The molecule has 0 fully saturated rings. The van der Waals surface area contributed by atoms with Gasteiger partial charge in [-0.05, 0) is 43.3 Å². The van der Waals surface area contributed by atoms with Gasteiger partial charge in [0, 0.05) is 41.4 Å². The Bertz CT molecular complexity index is 940. The second-order valence-electron chi connectivity index (χ2n) is 5.70. The van der Waals surface area contributed by atoms with E-state index in [2.05, 4.69) is 20.5 Å². The predicted octanol–water partition coefficient (Wildman–Crippen LogP) is 2.38. The van der Waals surface area contributed by atoms with Crippen LogP contribution in [0.4, 0.5) is 5.69 Å². The molecule has 9 heteroatoms. The van der Waals surface area contributed by atoms with Gasteiger partial charge in [-0.2, -0.15) is 0 Å². The number of ketones is 1. The lowest BCUT2D eigenvalue weighted by Crippen LogP contribution is -2.14. The monoisotopic (exact) mass is 382 g/mol. The zero-order valence-corrected chi connectivity index (χ0v) is 15.4. The number of amides is 1. The van der Waals surface area contributed by atoms with Gasteiger partial charge < -0.3 is 11.2 Å². The highest BCUT2D eigenvalue weighted by molar-refractivity contribution is 7.99. The Morgan fingerprint density at radius 3 is 2.63 bits per heavy atom. The van der Waals surface area contributed by atoms with Crippen LogP contribution in [0.15, 0.2) is 53.9 Å². The van der Waals surface area contributed by atoms with Crippen molar-refractivity contribution in [2.24, 2.45) is 0 Å². The summed E-state index contributed by atoms with van der Waals surface area (Å²) in [4.78, 5) is 27.4. The molecule has 0 saturated carbocycles. The number of thioether (sulfide) groups is 1. The van der Waals surface area contributed by atoms with Crippen LogP contribution in [-0.4, -0.2) is 37.3 Å². The van der Waals surface area contributed by atoms with Crippen molar-refractivity contribution in [3.63, 3.8) is 0 Å². The van der Waals surface area contributed by atoms with Crippen molar-refractivity contribution in [2.45, 2.75) is 18.5 Å². The molecule has 1 aromatic carbocycles. The third kappa shape index (κ3) is 4.70. The number of nitrogens with one attached hydrogen (secondary N) is 1. The summed E-state index contributed by atoms with van der Waals surface area (Å²) in [6.45, 7) is 1.50. The molecule has 3 aromatic rings. The molecule has 2 heterocycles. The number of benzene rings is 1. The predicted molar refractivity (Wildman–Crippen MR) is 104 cm³/mol. The molecule has 0 aliphatic carbocycles. The van der Waals surface area contributed by atoms with Crippen molar-refractivity contribution in [3.05, 3.63) is 54.4 Å². The lowest BCUT2D eigenvalue weighted by atomic mass is 10.1. The smallest absolute Gasteiger partial charge is 0.225 e. The quantitative estimate of drug-likeness (QED) is 0.366. The minimum atomic E-state index is -0.131. The molecular weight excluding hydrogens is 364 g/mol. The molecule has 0 atom stereocenters. The van der Waals surface area contributed by atoms with Crippen LogP contribution in [0.5, 0.6) is 0 Å². The molecule has 2 aromatic heterocycles. The zero-order chi connectivity index (χ0) is 19.2. The molecule has 1 amide bonds. The summed E-state index contributed by atoms with van der Waals surface area (Å²) >= 11 is 1.35. The third-order valence-electron chi connectivity index (χ3n) is 3.72. The average Bonchev–Trinajstić information content (AvgIpc) is 3.03. The van der Waals surface area contributed by atoms with E-state index in [0.29, 0.717) is 28.0 Å². The highest BCUT2D eigenvalue weighted by Crippen LogP contribution is 2.21. The summed E-state index contributed by atoms with van der Waals surface area (Å²) in [5.74, 6) is 6.90. The number of anilines is 1. The summed E-state index contributed by atoms with van der Waals surface area (Å²) in [6.07, 6.45) is 3.61. The van der Waals surface area contributed by atoms with E-state index in [1.165, 1.54) is 23.4 Å². The molecule has 138 valence electrons. The molecule has 0 aliphatic rings. The molecule has 3 rings (SSSR count). The highest BCUT2D eigenvalue weighted by Gasteiger charge is 2.13. The van der Waals surface area contributed by atoms with Gasteiger partial charge in [0.05, 0.1) is 0 Å². The highest BCUT2D eigenvalue weighted by atomic mass is 32.2. The maximum Gasteiger partial charge on any atom is 0.225 e. The lowest BCUT2D eigenvalue weighted by molar-refractivity contribution is -0.115. The Morgan fingerprint density at radius 1 is 1.19 bits per heavy atom. The fraction of sp³-hybridized carbons (Fsp3) is 0.167.